The first-order valence-corrected chi connectivity index (χ1v) is 7.61. The quantitative estimate of drug-likeness (QED) is 0.927. The Morgan fingerprint density at radius 3 is 2.38 bits per heavy atom. The fraction of sp³-hybridized carbons (Fsp3) is 0.529. The van der Waals surface area contributed by atoms with Gasteiger partial charge in [0.2, 0.25) is 0 Å². The van der Waals surface area contributed by atoms with Crippen LogP contribution in [0.3, 0.4) is 0 Å². The lowest BCUT2D eigenvalue weighted by Crippen LogP contribution is -2.44. The second-order valence-corrected chi connectivity index (χ2v) is 5.81. The van der Waals surface area contributed by atoms with Gasteiger partial charge in [0.05, 0.1) is 11.1 Å². The Morgan fingerprint density at radius 2 is 1.81 bits per heavy atom. The smallest absolute Gasteiger partial charge is 0.336 e. The molecule has 1 heterocycles. The number of aryl methyl sites for hydroxylation is 2. The van der Waals surface area contributed by atoms with Crippen LogP contribution in [-0.2, 0) is 0 Å². The number of carboxylic acids is 1. The van der Waals surface area contributed by atoms with E-state index in [1.165, 1.54) is 0 Å². The van der Waals surface area contributed by atoms with Crippen molar-refractivity contribution in [3.8, 4) is 0 Å². The Bertz CT molecular complexity index is 565. The van der Waals surface area contributed by atoms with Gasteiger partial charge in [0.1, 0.15) is 0 Å². The van der Waals surface area contributed by atoms with Gasteiger partial charge >= 0.3 is 5.97 Å². The molecule has 0 spiro atoms. The van der Waals surface area contributed by atoms with Gasteiger partial charge < -0.3 is 10.0 Å². The molecule has 0 bridgehead atoms. The van der Waals surface area contributed by atoms with Gasteiger partial charge in [0, 0.05) is 12.6 Å². The number of piperidine rings is 1. The van der Waals surface area contributed by atoms with Crippen LogP contribution in [0.1, 0.15) is 64.4 Å². The largest absolute Gasteiger partial charge is 0.478 e. The van der Waals surface area contributed by atoms with Crippen LogP contribution >= 0.6 is 0 Å². The molecule has 1 amide bonds. The fourth-order valence-corrected chi connectivity index (χ4v) is 3.20. The van der Waals surface area contributed by atoms with E-state index in [-0.39, 0.29) is 17.5 Å². The van der Waals surface area contributed by atoms with Gasteiger partial charge in [0.25, 0.3) is 5.91 Å². The third-order valence-electron chi connectivity index (χ3n) is 4.41. The second kappa shape index (κ2) is 6.29. The summed E-state index contributed by atoms with van der Waals surface area (Å²) < 4.78 is 0. The van der Waals surface area contributed by atoms with Gasteiger partial charge in [-0.25, -0.2) is 4.79 Å². The zero-order chi connectivity index (χ0) is 15.6. The Morgan fingerprint density at radius 1 is 1.19 bits per heavy atom. The molecule has 21 heavy (non-hydrogen) atoms. The van der Waals surface area contributed by atoms with Crippen LogP contribution in [0.4, 0.5) is 0 Å². The molecule has 1 fully saturated rings. The summed E-state index contributed by atoms with van der Waals surface area (Å²) in [4.78, 5) is 26.4. The molecule has 114 valence electrons. The van der Waals surface area contributed by atoms with E-state index in [1.807, 2.05) is 17.9 Å². The van der Waals surface area contributed by atoms with E-state index in [0.29, 0.717) is 11.1 Å². The highest BCUT2D eigenvalue weighted by Gasteiger charge is 2.30. The van der Waals surface area contributed by atoms with Crippen molar-refractivity contribution in [3.63, 3.8) is 0 Å². The summed E-state index contributed by atoms with van der Waals surface area (Å²) in [6.07, 6.45) is 4.06. The standard InChI is InChI=1S/C17H23NO3/c1-4-13-7-5-6-10-18(13)16(19)14-11(2)8-9-12(3)15(14)17(20)21/h8-9,13H,4-7,10H2,1-3H3,(H,20,21). The highest BCUT2D eigenvalue weighted by atomic mass is 16.4. The van der Waals surface area contributed by atoms with E-state index in [1.54, 1.807) is 13.0 Å². The van der Waals surface area contributed by atoms with Crippen molar-refractivity contribution in [1.29, 1.82) is 0 Å². The van der Waals surface area contributed by atoms with E-state index < -0.39 is 5.97 Å². The molecule has 1 N–H and O–H groups in total. The first-order chi connectivity index (χ1) is 9.97. The first-order valence-electron chi connectivity index (χ1n) is 7.61. The van der Waals surface area contributed by atoms with Crippen molar-refractivity contribution in [1.82, 2.24) is 4.90 Å². The second-order valence-electron chi connectivity index (χ2n) is 5.81. The molecular formula is C17H23NO3. The maximum Gasteiger partial charge on any atom is 0.336 e. The number of hydrogen-bond acceptors (Lipinski definition) is 2. The lowest BCUT2D eigenvalue weighted by atomic mass is 9.93. The normalized spacial score (nSPS) is 18.6. The molecule has 2 rings (SSSR count). The number of nitrogens with zero attached hydrogens (tertiary/aromatic N) is 1. The number of carbonyl (C=O) groups excluding carboxylic acids is 1. The third-order valence-corrected chi connectivity index (χ3v) is 4.41. The van der Waals surface area contributed by atoms with Crippen LogP contribution in [0.5, 0.6) is 0 Å². The molecule has 1 aromatic carbocycles. The molecule has 0 radical (unpaired) electrons. The lowest BCUT2D eigenvalue weighted by molar-refractivity contribution is 0.0589. The van der Waals surface area contributed by atoms with Gasteiger partial charge in [0.15, 0.2) is 0 Å². The highest BCUT2D eigenvalue weighted by Crippen LogP contribution is 2.26. The molecule has 4 nitrogen and oxygen atoms in total. The Labute approximate surface area is 125 Å². The molecule has 1 atom stereocenters. The molecular weight excluding hydrogens is 266 g/mol. The topological polar surface area (TPSA) is 57.6 Å². The molecule has 1 aromatic rings. The van der Waals surface area contributed by atoms with Crippen molar-refractivity contribution in [2.75, 3.05) is 6.54 Å². The first kappa shape index (κ1) is 15.5. The average molecular weight is 289 g/mol. The maximum absolute atomic E-state index is 12.9. The number of benzene rings is 1. The minimum atomic E-state index is -1.02. The van der Waals surface area contributed by atoms with E-state index >= 15 is 0 Å². The Balaban J connectivity index is 2.47. The van der Waals surface area contributed by atoms with Crippen LogP contribution < -0.4 is 0 Å². The van der Waals surface area contributed by atoms with E-state index in [2.05, 4.69) is 6.92 Å². The van der Waals surface area contributed by atoms with Crippen LogP contribution in [0.25, 0.3) is 0 Å². The van der Waals surface area contributed by atoms with Crippen LogP contribution in [0.15, 0.2) is 12.1 Å². The molecule has 4 heteroatoms. The molecule has 1 saturated heterocycles. The van der Waals surface area contributed by atoms with E-state index in [4.69, 9.17) is 0 Å². The molecule has 0 saturated carbocycles. The van der Waals surface area contributed by atoms with Gasteiger partial charge in [-0.1, -0.05) is 19.1 Å². The summed E-state index contributed by atoms with van der Waals surface area (Å²) in [6, 6.07) is 3.83. The lowest BCUT2D eigenvalue weighted by Gasteiger charge is -2.36. The molecule has 0 aliphatic carbocycles. The summed E-state index contributed by atoms with van der Waals surface area (Å²) in [5, 5.41) is 9.47. The number of hydrogen-bond donors (Lipinski definition) is 1. The average Bonchev–Trinajstić information content (AvgIpc) is 2.48. The zero-order valence-electron chi connectivity index (χ0n) is 13.0. The predicted molar refractivity (Wildman–Crippen MR) is 81.8 cm³/mol. The van der Waals surface area contributed by atoms with E-state index in [0.717, 1.165) is 37.8 Å². The van der Waals surface area contributed by atoms with Gasteiger partial charge in [-0.05, 0) is 50.7 Å². The Kier molecular flexibility index (Phi) is 4.66. The number of carbonyl (C=O) groups is 2. The SMILES string of the molecule is CCC1CCCCN1C(=O)c1c(C)ccc(C)c1C(=O)O. The van der Waals surface area contributed by atoms with Crippen molar-refractivity contribution >= 4 is 11.9 Å². The Hall–Kier alpha value is -1.84. The predicted octanol–water partition coefficient (Wildman–Crippen LogP) is 3.41. The molecule has 1 aliphatic heterocycles. The van der Waals surface area contributed by atoms with Crippen LogP contribution in [0, 0.1) is 13.8 Å². The molecule has 1 aliphatic rings. The number of carboxylic acid groups (broad SMARTS) is 1. The third kappa shape index (κ3) is 2.94. The fourth-order valence-electron chi connectivity index (χ4n) is 3.20. The van der Waals surface area contributed by atoms with Crippen molar-refractivity contribution in [3.05, 3.63) is 34.4 Å². The summed E-state index contributed by atoms with van der Waals surface area (Å²) in [7, 11) is 0. The van der Waals surface area contributed by atoms with Crippen molar-refractivity contribution < 1.29 is 14.7 Å². The summed E-state index contributed by atoms with van der Waals surface area (Å²) in [6.45, 7) is 6.36. The minimum Gasteiger partial charge on any atom is -0.478 e. The number of amides is 1. The molecule has 0 aromatic heterocycles. The highest BCUT2D eigenvalue weighted by molar-refractivity contribution is 6.06. The summed E-state index contributed by atoms with van der Waals surface area (Å²) in [5.74, 6) is -1.15. The number of aromatic carboxylic acids is 1. The maximum atomic E-state index is 12.9. The minimum absolute atomic E-state index is 0.125. The van der Waals surface area contributed by atoms with Crippen molar-refractivity contribution in [2.24, 2.45) is 0 Å². The van der Waals surface area contributed by atoms with Crippen molar-refractivity contribution in [2.45, 2.75) is 52.5 Å². The molecule has 1 unspecified atom stereocenters. The number of rotatable bonds is 3. The van der Waals surface area contributed by atoms with Gasteiger partial charge in [-0.15, -0.1) is 0 Å². The van der Waals surface area contributed by atoms with Gasteiger partial charge in [-0.2, -0.15) is 0 Å². The van der Waals surface area contributed by atoms with Gasteiger partial charge in [-0.3, -0.25) is 4.79 Å². The monoisotopic (exact) mass is 289 g/mol. The van der Waals surface area contributed by atoms with Crippen LogP contribution in [-0.4, -0.2) is 34.5 Å². The number of likely N-dealkylation sites (tertiary alicyclic amines) is 1. The van der Waals surface area contributed by atoms with E-state index in [9.17, 15) is 14.7 Å². The van der Waals surface area contributed by atoms with Crippen LogP contribution in [0.2, 0.25) is 0 Å². The zero-order valence-corrected chi connectivity index (χ0v) is 13.0. The summed E-state index contributed by atoms with van der Waals surface area (Å²) >= 11 is 0. The summed E-state index contributed by atoms with van der Waals surface area (Å²) in [5.41, 5.74) is 1.90.